The molecular weight excluding hydrogens is 326 g/mol. The molecule has 3 heterocycles. The van der Waals surface area contributed by atoms with Crippen molar-refractivity contribution in [1.82, 2.24) is 19.3 Å². The van der Waals surface area contributed by atoms with E-state index < -0.39 is 0 Å². The quantitative estimate of drug-likeness (QED) is 0.608. The Balaban J connectivity index is 1.58. The Hall–Kier alpha value is -1.64. The van der Waals surface area contributed by atoms with E-state index in [1.54, 1.807) is 20.2 Å². The van der Waals surface area contributed by atoms with Crippen LogP contribution in [-0.2, 0) is 4.74 Å². The van der Waals surface area contributed by atoms with Crippen LogP contribution in [0.25, 0.3) is 11.0 Å². The highest BCUT2D eigenvalue weighted by atomic mass is 32.2. The Morgan fingerprint density at radius 1 is 1.46 bits per heavy atom. The van der Waals surface area contributed by atoms with Crippen molar-refractivity contribution < 1.29 is 4.74 Å². The third-order valence-corrected chi connectivity index (χ3v) is 5.21. The maximum atomic E-state index is 11.7. The van der Waals surface area contributed by atoms with Crippen LogP contribution in [0.4, 0.5) is 5.95 Å². The molecule has 0 aliphatic carbocycles. The largest absolute Gasteiger partial charge is 0.384 e. The molecule has 8 heteroatoms. The van der Waals surface area contributed by atoms with Gasteiger partial charge >= 0.3 is 0 Å². The first kappa shape index (κ1) is 17.2. The molecule has 0 saturated carbocycles. The summed E-state index contributed by atoms with van der Waals surface area (Å²) < 4.78 is 7.47. The van der Waals surface area contributed by atoms with Crippen molar-refractivity contribution in [2.24, 2.45) is 0 Å². The van der Waals surface area contributed by atoms with Gasteiger partial charge in [0, 0.05) is 49.1 Å². The van der Waals surface area contributed by atoms with E-state index in [4.69, 9.17) is 4.74 Å². The normalized spacial score (nSPS) is 16.6. The average Bonchev–Trinajstić information content (AvgIpc) is 2.58. The van der Waals surface area contributed by atoms with E-state index in [9.17, 15) is 4.79 Å². The molecular formula is C16H23N5O2S. The molecule has 2 aromatic rings. The van der Waals surface area contributed by atoms with Crippen molar-refractivity contribution in [3.8, 4) is 0 Å². The Morgan fingerprint density at radius 3 is 3.00 bits per heavy atom. The van der Waals surface area contributed by atoms with E-state index >= 15 is 0 Å². The Labute approximate surface area is 145 Å². The van der Waals surface area contributed by atoms with Crippen LogP contribution >= 0.6 is 11.9 Å². The zero-order chi connectivity index (χ0) is 16.9. The summed E-state index contributed by atoms with van der Waals surface area (Å²) >= 11 is 1.84. The summed E-state index contributed by atoms with van der Waals surface area (Å²) in [5.41, 5.74) is 1.15. The molecule has 0 aromatic carbocycles. The van der Waals surface area contributed by atoms with Crippen LogP contribution in [0.5, 0.6) is 0 Å². The van der Waals surface area contributed by atoms with Crippen molar-refractivity contribution in [2.75, 3.05) is 37.9 Å². The number of fused-ring (bicyclic) bond motifs is 1. The van der Waals surface area contributed by atoms with E-state index in [-0.39, 0.29) is 5.56 Å². The third kappa shape index (κ3) is 4.25. The molecule has 3 rings (SSSR count). The molecule has 0 amide bonds. The maximum absolute atomic E-state index is 11.7. The lowest BCUT2D eigenvalue weighted by Crippen LogP contribution is -2.36. The predicted molar refractivity (Wildman–Crippen MR) is 97.4 cm³/mol. The predicted octanol–water partition coefficient (Wildman–Crippen LogP) is 1.80. The van der Waals surface area contributed by atoms with Gasteiger partial charge in [0.05, 0.1) is 6.61 Å². The standard InChI is InChI=1S/C16H23N5O2S/c1-11-9-12-10-17-16(20-14(12)19-15(11)22)18-13-3-5-21(6-4-13)24-8-7-23-2/h9-10,13H,3-8H2,1-2H3,(H2,17,18,19,20,22). The number of aromatic amines is 1. The van der Waals surface area contributed by atoms with E-state index in [1.165, 1.54) is 0 Å². The van der Waals surface area contributed by atoms with Crippen LogP contribution in [0.15, 0.2) is 17.1 Å². The number of ether oxygens (including phenoxy) is 1. The number of methoxy groups -OCH3 is 1. The maximum Gasteiger partial charge on any atom is 0.252 e. The number of hydrogen-bond donors (Lipinski definition) is 2. The highest BCUT2D eigenvalue weighted by Crippen LogP contribution is 2.20. The number of aromatic nitrogens is 3. The SMILES string of the molecule is COCCSN1CCC(Nc2ncc3cc(C)c(=O)[nH]c3n2)CC1. The molecule has 1 fully saturated rings. The number of nitrogens with one attached hydrogen (secondary N) is 2. The number of piperidine rings is 1. The fraction of sp³-hybridized carbons (Fsp3) is 0.562. The van der Waals surface area contributed by atoms with E-state index in [2.05, 4.69) is 24.6 Å². The third-order valence-electron chi connectivity index (χ3n) is 4.13. The van der Waals surface area contributed by atoms with Crippen LogP contribution in [-0.4, -0.2) is 57.9 Å². The lowest BCUT2D eigenvalue weighted by molar-refractivity contribution is 0.217. The van der Waals surface area contributed by atoms with Crippen LogP contribution < -0.4 is 10.9 Å². The van der Waals surface area contributed by atoms with E-state index in [0.717, 1.165) is 43.7 Å². The van der Waals surface area contributed by atoms with Gasteiger partial charge < -0.3 is 15.0 Å². The van der Waals surface area contributed by atoms with Gasteiger partial charge in [0.2, 0.25) is 5.95 Å². The second-order valence-corrected chi connectivity index (χ2v) is 7.14. The van der Waals surface area contributed by atoms with Crippen molar-refractivity contribution in [3.05, 3.63) is 28.2 Å². The van der Waals surface area contributed by atoms with Gasteiger partial charge in [0.1, 0.15) is 5.65 Å². The minimum Gasteiger partial charge on any atom is -0.384 e. The lowest BCUT2D eigenvalue weighted by Gasteiger charge is -2.31. The number of aryl methyl sites for hydroxylation is 1. The summed E-state index contributed by atoms with van der Waals surface area (Å²) in [5.74, 6) is 1.57. The van der Waals surface area contributed by atoms with Crippen molar-refractivity contribution in [2.45, 2.75) is 25.8 Å². The molecule has 0 spiro atoms. The van der Waals surface area contributed by atoms with Crippen molar-refractivity contribution in [1.29, 1.82) is 0 Å². The molecule has 2 N–H and O–H groups in total. The zero-order valence-corrected chi connectivity index (χ0v) is 14.9. The molecule has 1 aliphatic heterocycles. The van der Waals surface area contributed by atoms with Crippen molar-refractivity contribution in [3.63, 3.8) is 0 Å². The summed E-state index contributed by atoms with van der Waals surface area (Å²) in [6, 6.07) is 2.17. The number of hydrogen-bond acceptors (Lipinski definition) is 7. The first-order valence-electron chi connectivity index (χ1n) is 8.15. The molecule has 1 saturated heterocycles. The molecule has 1 aliphatic rings. The minimum atomic E-state index is -0.103. The van der Waals surface area contributed by atoms with Gasteiger partial charge in [-0.3, -0.25) is 9.10 Å². The zero-order valence-electron chi connectivity index (χ0n) is 14.0. The first-order chi connectivity index (χ1) is 11.7. The molecule has 7 nitrogen and oxygen atoms in total. The minimum absolute atomic E-state index is 0.103. The summed E-state index contributed by atoms with van der Waals surface area (Å²) in [5, 5.41) is 4.24. The molecule has 0 unspecified atom stereocenters. The first-order valence-corrected chi connectivity index (χ1v) is 9.10. The molecule has 130 valence electrons. The summed E-state index contributed by atoms with van der Waals surface area (Å²) in [7, 11) is 1.73. The van der Waals surface area contributed by atoms with Crippen LogP contribution in [0.1, 0.15) is 18.4 Å². The van der Waals surface area contributed by atoms with Gasteiger partial charge in [-0.05, 0) is 25.8 Å². The monoisotopic (exact) mass is 349 g/mol. The molecule has 0 radical (unpaired) electrons. The van der Waals surface area contributed by atoms with Gasteiger partial charge in [0.25, 0.3) is 5.56 Å². The van der Waals surface area contributed by atoms with Crippen LogP contribution in [0.2, 0.25) is 0 Å². The number of anilines is 1. The lowest BCUT2D eigenvalue weighted by atomic mass is 10.1. The van der Waals surface area contributed by atoms with Crippen LogP contribution in [0.3, 0.4) is 0 Å². The fourth-order valence-electron chi connectivity index (χ4n) is 2.73. The Kier molecular flexibility index (Phi) is 5.70. The van der Waals surface area contributed by atoms with Gasteiger partial charge in [-0.25, -0.2) is 4.98 Å². The van der Waals surface area contributed by atoms with E-state index in [1.807, 2.05) is 18.0 Å². The second kappa shape index (κ2) is 7.96. The highest BCUT2D eigenvalue weighted by Gasteiger charge is 2.20. The molecule has 0 bridgehead atoms. The average molecular weight is 349 g/mol. The Morgan fingerprint density at radius 2 is 2.25 bits per heavy atom. The summed E-state index contributed by atoms with van der Waals surface area (Å²) in [6.45, 7) is 4.64. The smallest absolute Gasteiger partial charge is 0.252 e. The van der Waals surface area contributed by atoms with Crippen molar-refractivity contribution >= 4 is 28.9 Å². The number of H-pyrrole nitrogens is 1. The van der Waals surface area contributed by atoms with Gasteiger partial charge in [-0.15, -0.1) is 0 Å². The highest BCUT2D eigenvalue weighted by molar-refractivity contribution is 7.97. The number of rotatable bonds is 6. The molecule has 24 heavy (non-hydrogen) atoms. The topological polar surface area (TPSA) is 83.1 Å². The Bertz CT molecular complexity index is 743. The van der Waals surface area contributed by atoms with Gasteiger partial charge in [-0.2, -0.15) is 4.98 Å². The van der Waals surface area contributed by atoms with E-state index in [0.29, 0.717) is 23.2 Å². The summed E-state index contributed by atoms with van der Waals surface area (Å²) in [4.78, 5) is 23.3. The summed E-state index contributed by atoms with van der Waals surface area (Å²) in [6.07, 6.45) is 3.85. The number of nitrogens with zero attached hydrogens (tertiary/aromatic N) is 3. The van der Waals surface area contributed by atoms with Gasteiger partial charge in [0.15, 0.2) is 0 Å². The number of pyridine rings is 1. The molecule has 2 aromatic heterocycles. The molecule has 0 atom stereocenters. The van der Waals surface area contributed by atoms with Gasteiger partial charge in [-0.1, -0.05) is 11.9 Å². The fourth-order valence-corrected chi connectivity index (χ4v) is 3.70. The van der Waals surface area contributed by atoms with Crippen LogP contribution in [0, 0.1) is 6.92 Å². The second-order valence-electron chi connectivity index (χ2n) is 5.95.